The molecular formula is C37H54F2N6O8. The summed E-state index contributed by atoms with van der Waals surface area (Å²) in [6.07, 6.45) is -5.11. The van der Waals surface area contributed by atoms with E-state index in [4.69, 9.17) is 4.74 Å². The molecule has 0 spiro atoms. The van der Waals surface area contributed by atoms with Crippen LogP contribution in [0.3, 0.4) is 0 Å². The molecule has 0 aromatic heterocycles. The summed E-state index contributed by atoms with van der Waals surface area (Å²) < 4.78 is 32.1. The first-order valence-electron chi connectivity index (χ1n) is 17.6. The number of amides is 6. The average molecular weight is 749 g/mol. The molecule has 2 aliphatic rings. The molecule has 2 fully saturated rings. The lowest BCUT2D eigenvalue weighted by molar-refractivity contribution is -0.145. The lowest BCUT2D eigenvalue weighted by atomic mass is 9.85. The zero-order valence-electron chi connectivity index (χ0n) is 32.2. The van der Waals surface area contributed by atoms with Crippen molar-refractivity contribution in [3.8, 4) is 0 Å². The molecule has 6 atom stereocenters. The van der Waals surface area contributed by atoms with Crippen LogP contribution in [0.15, 0.2) is 30.3 Å². The summed E-state index contributed by atoms with van der Waals surface area (Å²) in [5.41, 5.74) is -1.55. The van der Waals surface area contributed by atoms with E-state index in [2.05, 4.69) is 21.3 Å². The van der Waals surface area contributed by atoms with E-state index in [0.29, 0.717) is 5.56 Å². The van der Waals surface area contributed by atoms with Crippen molar-refractivity contribution in [2.75, 3.05) is 27.2 Å². The molecule has 1 aromatic rings. The number of ketones is 1. The first kappa shape index (κ1) is 42.8. The van der Waals surface area contributed by atoms with Gasteiger partial charge < -0.3 is 35.8 Å². The highest BCUT2D eigenvalue weighted by molar-refractivity contribution is 6.38. The number of carbonyl (C=O) groups excluding carboxylic acids is 7. The minimum absolute atomic E-state index is 0.0968. The van der Waals surface area contributed by atoms with Crippen LogP contribution in [0.1, 0.15) is 79.8 Å². The van der Waals surface area contributed by atoms with Gasteiger partial charge in [-0.1, -0.05) is 65.0 Å². The summed E-state index contributed by atoms with van der Waals surface area (Å²) in [7, 11) is 3.02. The molecule has 14 nitrogen and oxygen atoms in total. The fourth-order valence-corrected chi connectivity index (χ4v) is 6.68. The number of likely N-dealkylation sites (tertiary alicyclic amines) is 1. The molecule has 1 heterocycles. The van der Waals surface area contributed by atoms with Crippen molar-refractivity contribution in [3.05, 3.63) is 35.9 Å². The van der Waals surface area contributed by atoms with Gasteiger partial charge in [-0.2, -0.15) is 0 Å². The van der Waals surface area contributed by atoms with Crippen LogP contribution in [-0.4, -0.2) is 109 Å². The highest BCUT2D eigenvalue weighted by Gasteiger charge is 2.70. The van der Waals surface area contributed by atoms with Gasteiger partial charge >= 0.3 is 6.09 Å². The minimum Gasteiger partial charge on any atom is -0.444 e. The number of alkyl halides is 2. The van der Waals surface area contributed by atoms with E-state index >= 15 is 0 Å². The molecule has 0 radical (unpaired) electrons. The maximum atomic E-state index is 14.1. The molecule has 1 aliphatic heterocycles. The summed E-state index contributed by atoms with van der Waals surface area (Å²) in [4.78, 5) is 95.5. The van der Waals surface area contributed by atoms with E-state index in [1.807, 2.05) is 13.8 Å². The Kier molecular flexibility index (Phi) is 13.4. The number of benzene rings is 1. The SMILES string of the molecule is CN(C)C(=O)[C@@H](NC(=O)CNC(=O)C(=O)C(CCC(F)F)NC(=O)[C@@H]1C2[C@H](CN1C(=O)[C@@H](NC(=O)OC(C)(C)C)C(C)(C)C)C2(C)C)c1ccccc1. The number of carbonyl (C=O) groups is 7. The number of nitrogens with zero attached hydrogens (tertiary/aromatic N) is 2. The maximum absolute atomic E-state index is 14.1. The second kappa shape index (κ2) is 16.6. The van der Waals surface area contributed by atoms with Crippen LogP contribution in [0.5, 0.6) is 0 Å². The third-order valence-electron chi connectivity index (χ3n) is 9.60. The zero-order chi connectivity index (χ0) is 40.2. The van der Waals surface area contributed by atoms with Crippen molar-refractivity contribution in [3.63, 3.8) is 0 Å². The molecule has 53 heavy (non-hydrogen) atoms. The number of rotatable bonds is 14. The number of alkyl carbamates (subject to hydrolysis) is 1. The number of fused-ring (bicyclic) bond motifs is 1. The number of hydrogen-bond donors (Lipinski definition) is 4. The van der Waals surface area contributed by atoms with Gasteiger partial charge in [-0.25, -0.2) is 13.6 Å². The number of Topliss-reactive ketones (excluding diaryl/α,β-unsaturated/α-hetero) is 1. The summed E-state index contributed by atoms with van der Waals surface area (Å²) in [5, 5.41) is 9.77. The van der Waals surface area contributed by atoms with Gasteiger partial charge in [0.15, 0.2) is 0 Å². The number of hydrogen-bond acceptors (Lipinski definition) is 8. The van der Waals surface area contributed by atoms with E-state index in [-0.39, 0.29) is 23.8 Å². The number of nitrogens with one attached hydrogen (secondary N) is 4. The Morgan fingerprint density at radius 2 is 1.53 bits per heavy atom. The molecule has 1 aromatic carbocycles. The van der Waals surface area contributed by atoms with E-state index in [1.165, 1.54) is 23.9 Å². The Morgan fingerprint density at radius 3 is 2.06 bits per heavy atom. The fourth-order valence-electron chi connectivity index (χ4n) is 6.68. The van der Waals surface area contributed by atoms with Crippen LogP contribution in [0.2, 0.25) is 0 Å². The van der Waals surface area contributed by atoms with Crippen LogP contribution in [0.4, 0.5) is 13.6 Å². The van der Waals surface area contributed by atoms with Gasteiger partial charge in [-0.3, -0.25) is 28.8 Å². The van der Waals surface area contributed by atoms with Crippen molar-refractivity contribution >= 4 is 41.4 Å². The van der Waals surface area contributed by atoms with Gasteiger partial charge in [0.25, 0.3) is 5.91 Å². The van der Waals surface area contributed by atoms with Gasteiger partial charge in [0.05, 0.1) is 12.6 Å². The summed E-state index contributed by atoms with van der Waals surface area (Å²) >= 11 is 0. The van der Waals surface area contributed by atoms with Crippen molar-refractivity contribution in [1.29, 1.82) is 0 Å². The van der Waals surface area contributed by atoms with Crippen molar-refractivity contribution in [2.45, 2.75) is 104 Å². The molecule has 0 bridgehead atoms. The molecule has 294 valence electrons. The first-order valence-corrected chi connectivity index (χ1v) is 17.6. The third-order valence-corrected chi connectivity index (χ3v) is 9.60. The molecule has 6 amide bonds. The summed E-state index contributed by atoms with van der Waals surface area (Å²) in [6, 6.07) is 3.32. The molecule has 16 heteroatoms. The largest absolute Gasteiger partial charge is 0.444 e. The fraction of sp³-hybridized carbons (Fsp3) is 0.649. The Hall–Kier alpha value is -4.63. The van der Waals surface area contributed by atoms with Crippen molar-refractivity contribution < 1.29 is 47.1 Å². The molecule has 1 saturated heterocycles. The first-order chi connectivity index (χ1) is 24.4. The summed E-state index contributed by atoms with van der Waals surface area (Å²) in [6.45, 7) is 13.5. The number of ether oxygens (including phenoxy) is 1. The molecule has 1 aliphatic carbocycles. The van der Waals surface area contributed by atoms with Crippen LogP contribution in [0, 0.1) is 22.7 Å². The molecular weight excluding hydrogens is 694 g/mol. The number of halogens is 2. The number of piperidine rings is 1. The van der Waals surface area contributed by atoms with E-state index in [1.54, 1.807) is 71.9 Å². The lowest BCUT2D eigenvalue weighted by Crippen LogP contribution is -2.61. The Morgan fingerprint density at radius 1 is 0.925 bits per heavy atom. The van der Waals surface area contributed by atoms with E-state index in [9.17, 15) is 42.3 Å². The smallest absolute Gasteiger partial charge is 0.408 e. The van der Waals surface area contributed by atoms with Crippen molar-refractivity contribution in [2.24, 2.45) is 22.7 Å². The zero-order valence-corrected chi connectivity index (χ0v) is 32.2. The van der Waals surface area contributed by atoms with Gasteiger partial charge in [0, 0.05) is 27.1 Å². The Balaban J connectivity index is 1.78. The van der Waals surface area contributed by atoms with E-state index < -0.39 is 102 Å². The topological polar surface area (TPSA) is 183 Å². The predicted molar refractivity (Wildman–Crippen MR) is 190 cm³/mol. The van der Waals surface area contributed by atoms with Crippen LogP contribution >= 0.6 is 0 Å². The van der Waals surface area contributed by atoms with Crippen molar-refractivity contribution in [1.82, 2.24) is 31.1 Å². The monoisotopic (exact) mass is 748 g/mol. The Bertz CT molecular complexity index is 1560. The van der Waals surface area contributed by atoms with Crippen LogP contribution < -0.4 is 21.3 Å². The Labute approximate surface area is 309 Å². The normalized spacial score (nSPS) is 20.6. The van der Waals surface area contributed by atoms with Crippen LogP contribution in [-0.2, 0) is 33.5 Å². The molecule has 4 N–H and O–H groups in total. The standard InChI is InChI=1S/C37H54F2N6O8/c1-35(2,3)29(43-34(52)53-36(4,5)6)33(51)45-19-21-25(37(21,7)8)27(45)30(48)41-22(16-17-23(38)39)28(47)31(49)40-18-24(46)42-26(32(50)44(9)10)20-14-12-11-13-15-20/h11-15,21-23,25-27,29H,16-19H2,1-10H3,(H,40,49)(H,41,48)(H,42,46)(H,43,52)/t21-,22?,25?,26-,27-,29+/m0/s1. The number of likely N-dealkylation sites (N-methyl/N-ethyl adjacent to an activating group) is 1. The highest BCUT2D eigenvalue weighted by atomic mass is 19.3. The van der Waals surface area contributed by atoms with Gasteiger partial charge in [-0.15, -0.1) is 0 Å². The molecule has 1 saturated carbocycles. The second-order valence-corrected chi connectivity index (χ2v) is 16.6. The average Bonchev–Trinajstić information content (AvgIpc) is 3.35. The van der Waals surface area contributed by atoms with Gasteiger partial charge in [-0.05, 0) is 55.4 Å². The molecule has 3 rings (SSSR count). The maximum Gasteiger partial charge on any atom is 0.408 e. The van der Waals surface area contributed by atoms with Gasteiger partial charge in [0.2, 0.25) is 35.8 Å². The minimum atomic E-state index is -2.86. The predicted octanol–water partition coefficient (Wildman–Crippen LogP) is 2.57. The van der Waals surface area contributed by atoms with Crippen LogP contribution in [0.25, 0.3) is 0 Å². The van der Waals surface area contributed by atoms with Gasteiger partial charge in [0.1, 0.15) is 23.7 Å². The third kappa shape index (κ3) is 10.9. The highest BCUT2D eigenvalue weighted by Crippen LogP contribution is 2.65. The lowest BCUT2D eigenvalue weighted by Gasteiger charge is -2.38. The second-order valence-electron chi connectivity index (χ2n) is 16.6. The quantitative estimate of drug-likeness (QED) is 0.210. The van der Waals surface area contributed by atoms with E-state index in [0.717, 1.165) is 0 Å². The molecule has 2 unspecified atom stereocenters. The summed E-state index contributed by atoms with van der Waals surface area (Å²) in [5.74, 6) is -5.65.